The summed E-state index contributed by atoms with van der Waals surface area (Å²) < 4.78 is 0. The van der Waals surface area contributed by atoms with Gasteiger partial charge in [-0.05, 0) is 20.4 Å². The number of likely N-dealkylation sites (N-methyl/N-ethyl adjacent to an activating group) is 1. The zero-order chi connectivity index (χ0) is 11.1. The molecule has 0 fully saturated rings. The molecule has 0 saturated heterocycles. The van der Waals surface area contributed by atoms with Crippen molar-refractivity contribution < 1.29 is 9.59 Å². The van der Waals surface area contributed by atoms with E-state index in [0.717, 1.165) is 6.54 Å². The third kappa shape index (κ3) is 4.81. The van der Waals surface area contributed by atoms with Crippen LogP contribution in [-0.2, 0) is 9.59 Å². The summed E-state index contributed by atoms with van der Waals surface area (Å²) in [4.78, 5) is 23.7. The predicted octanol–water partition coefficient (Wildman–Crippen LogP) is -0.682. The van der Waals surface area contributed by atoms with Gasteiger partial charge in [0, 0.05) is 6.04 Å². The number of hydrogen-bond acceptors (Lipinski definition) is 3. The first-order valence-electron chi connectivity index (χ1n) is 4.77. The van der Waals surface area contributed by atoms with E-state index in [0.29, 0.717) is 0 Å². The fraction of sp³-hybridized carbons (Fsp3) is 0.778. The molecule has 0 aromatic heterocycles. The van der Waals surface area contributed by atoms with Crippen LogP contribution in [0.3, 0.4) is 0 Å². The molecule has 0 saturated carbocycles. The quantitative estimate of drug-likeness (QED) is 0.597. The van der Waals surface area contributed by atoms with Crippen molar-refractivity contribution in [2.24, 2.45) is 5.73 Å². The predicted molar refractivity (Wildman–Crippen MR) is 54.6 cm³/mol. The maximum Gasteiger partial charge on any atom is 0.237 e. The third-order valence-electron chi connectivity index (χ3n) is 1.80. The van der Waals surface area contributed by atoms with E-state index >= 15 is 0 Å². The van der Waals surface area contributed by atoms with Crippen LogP contribution in [0.15, 0.2) is 0 Å². The van der Waals surface area contributed by atoms with E-state index in [2.05, 4.69) is 5.32 Å². The zero-order valence-electron chi connectivity index (χ0n) is 9.04. The Morgan fingerprint density at radius 2 is 2.00 bits per heavy atom. The first-order chi connectivity index (χ1) is 6.49. The van der Waals surface area contributed by atoms with E-state index in [1.807, 2.05) is 20.8 Å². The fourth-order valence-electron chi connectivity index (χ4n) is 1.06. The Balaban J connectivity index is 4.19. The van der Waals surface area contributed by atoms with Gasteiger partial charge < -0.3 is 16.0 Å². The molecular formula is C9H19N3O2. The summed E-state index contributed by atoms with van der Waals surface area (Å²) in [6.07, 6.45) is 0. The number of nitrogens with one attached hydrogen (secondary N) is 1. The highest BCUT2D eigenvalue weighted by Crippen LogP contribution is 1.97. The number of rotatable bonds is 6. The molecule has 0 atom stereocenters. The highest BCUT2D eigenvalue weighted by Gasteiger charge is 2.17. The first kappa shape index (κ1) is 12.9. The molecule has 0 radical (unpaired) electrons. The second kappa shape index (κ2) is 6.37. The molecule has 82 valence electrons. The van der Waals surface area contributed by atoms with Gasteiger partial charge in [-0.15, -0.1) is 0 Å². The molecule has 0 aliphatic rings. The van der Waals surface area contributed by atoms with Gasteiger partial charge >= 0.3 is 0 Å². The van der Waals surface area contributed by atoms with E-state index in [-0.39, 0.29) is 25.0 Å². The van der Waals surface area contributed by atoms with E-state index in [9.17, 15) is 9.59 Å². The SMILES string of the molecule is CCNCC(=O)N(CC(N)=O)C(C)C. The normalized spacial score (nSPS) is 10.3. The summed E-state index contributed by atoms with van der Waals surface area (Å²) in [5, 5.41) is 2.91. The number of primary amides is 1. The van der Waals surface area contributed by atoms with E-state index in [4.69, 9.17) is 5.73 Å². The zero-order valence-corrected chi connectivity index (χ0v) is 9.04. The molecule has 14 heavy (non-hydrogen) atoms. The average Bonchev–Trinajstić information content (AvgIpc) is 2.09. The number of carbonyl (C=O) groups excluding carboxylic acids is 2. The number of hydrogen-bond donors (Lipinski definition) is 2. The van der Waals surface area contributed by atoms with Crippen molar-refractivity contribution in [2.45, 2.75) is 26.8 Å². The van der Waals surface area contributed by atoms with Gasteiger partial charge in [0.1, 0.15) is 0 Å². The van der Waals surface area contributed by atoms with Crippen LogP contribution in [0, 0.1) is 0 Å². The molecule has 5 nitrogen and oxygen atoms in total. The summed E-state index contributed by atoms with van der Waals surface area (Å²) in [6, 6.07) is -0.00587. The van der Waals surface area contributed by atoms with Crippen molar-refractivity contribution in [3.63, 3.8) is 0 Å². The van der Waals surface area contributed by atoms with Gasteiger partial charge in [0.2, 0.25) is 11.8 Å². The van der Waals surface area contributed by atoms with Gasteiger partial charge in [-0.1, -0.05) is 6.92 Å². The molecular weight excluding hydrogens is 182 g/mol. The van der Waals surface area contributed by atoms with Crippen LogP contribution in [-0.4, -0.2) is 42.4 Å². The molecule has 0 heterocycles. The molecule has 0 aliphatic carbocycles. The largest absolute Gasteiger partial charge is 0.368 e. The second-order valence-corrected chi connectivity index (χ2v) is 3.36. The number of carbonyl (C=O) groups is 2. The molecule has 2 amide bonds. The first-order valence-corrected chi connectivity index (χ1v) is 4.77. The fourth-order valence-corrected chi connectivity index (χ4v) is 1.06. The highest BCUT2D eigenvalue weighted by molar-refractivity contribution is 5.85. The van der Waals surface area contributed by atoms with Crippen molar-refractivity contribution in [1.82, 2.24) is 10.2 Å². The van der Waals surface area contributed by atoms with E-state index in [1.165, 1.54) is 4.90 Å². The van der Waals surface area contributed by atoms with Crippen molar-refractivity contribution in [1.29, 1.82) is 0 Å². The Morgan fingerprint density at radius 1 is 1.43 bits per heavy atom. The standard InChI is InChI=1S/C9H19N3O2/c1-4-11-5-9(14)12(7(2)3)6-8(10)13/h7,11H,4-6H2,1-3H3,(H2,10,13). The van der Waals surface area contributed by atoms with Crippen molar-refractivity contribution in [3.05, 3.63) is 0 Å². The number of amides is 2. The van der Waals surface area contributed by atoms with Crippen LogP contribution < -0.4 is 11.1 Å². The van der Waals surface area contributed by atoms with E-state index < -0.39 is 5.91 Å². The Morgan fingerprint density at radius 3 is 2.36 bits per heavy atom. The minimum atomic E-state index is -0.483. The highest BCUT2D eigenvalue weighted by atomic mass is 16.2. The lowest BCUT2D eigenvalue weighted by atomic mass is 10.3. The lowest BCUT2D eigenvalue weighted by Crippen LogP contribution is -2.46. The smallest absolute Gasteiger partial charge is 0.237 e. The number of nitrogens with two attached hydrogens (primary N) is 1. The molecule has 0 spiro atoms. The van der Waals surface area contributed by atoms with Crippen molar-refractivity contribution >= 4 is 11.8 Å². The summed E-state index contributed by atoms with van der Waals surface area (Å²) in [7, 11) is 0. The second-order valence-electron chi connectivity index (χ2n) is 3.36. The Hall–Kier alpha value is -1.10. The summed E-state index contributed by atoms with van der Waals surface area (Å²) >= 11 is 0. The van der Waals surface area contributed by atoms with Crippen LogP contribution in [0.5, 0.6) is 0 Å². The lowest BCUT2D eigenvalue weighted by molar-refractivity contribution is -0.136. The lowest BCUT2D eigenvalue weighted by Gasteiger charge is -2.25. The third-order valence-corrected chi connectivity index (χ3v) is 1.80. The van der Waals surface area contributed by atoms with Crippen LogP contribution in [0.4, 0.5) is 0 Å². The van der Waals surface area contributed by atoms with Gasteiger partial charge in [0.05, 0.1) is 13.1 Å². The topological polar surface area (TPSA) is 75.4 Å². The average molecular weight is 201 g/mol. The van der Waals surface area contributed by atoms with Gasteiger partial charge in [0.15, 0.2) is 0 Å². The van der Waals surface area contributed by atoms with Crippen LogP contribution >= 0.6 is 0 Å². The van der Waals surface area contributed by atoms with Crippen molar-refractivity contribution in [2.75, 3.05) is 19.6 Å². The Bertz CT molecular complexity index is 204. The van der Waals surface area contributed by atoms with Crippen LogP contribution in [0.25, 0.3) is 0 Å². The summed E-state index contributed by atoms with van der Waals surface area (Å²) in [5.41, 5.74) is 5.04. The summed E-state index contributed by atoms with van der Waals surface area (Å²) in [6.45, 7) is 6.60. The molecule has 5 heteroatoms. The maximum absolute atomic E-state index is 11.5. The van der Waals surface area contributed by atoms with Crippen molar-refractivity contribution in [3.8, 4) is 0 Å². The van der Waals surface area contributed by atoms with Crippen LogP contribution in [0.1, 0.15) is 20.8 Å². The molecule has 0 rings (SSSR count). The maximum atomic E-state index is 11.5. The van der Waals surface area contributed by atoms with Gasteiger partial charge in [-0.2, -0.15) is 0 Å². The van der Waals surface area contributed by atoms with Crippen LogP contribution in [0.2, 0.25) is 0 Å². The molecule has 0 aromatic carbocycles. The molecule has 0 aliphatic heterocycles. The molecule has 0 aromatic rings. The number of nitrogens with zero attached hydrogens (tertiary/aromatic N) is 1. The molecule has 0 bridgehead atoms. The van der Waals surface area contributed by atoms with Gasteiger partial charge in [-0.25, -0.2) is 0 Å². The Kier molecular flexibility index (Phi) is 5.87. The Labute approximate surface area is 84.6 Å². The molecule has 0 unspecified atom stereocenters. The minimum absolute atomic E-state index is 0.00587. The summed E-state index contributed by atoms with van der Waals surface area (Å²) in [5.74, 6) is -0.579. The minimum Gasteiger partial charge on any atom is -0.368 e. The van der Waals surface area contributed by atoms with Gasteiger partial charge in [0.25, 0.3) is 0 Å². The molecule has 3 N–H and O–H groups in total. The monoisotopic (exact) mass is 201 g/mol. The van der Waals surface area contributed by atoms with E-state index in [1.54, 1.807) is 0 Å². The van der Waals surface area contributed by atoms with Gasteiger partial charge in [-0.3, -0.25) is 9.59 Å².